The zero-order chi connectivity index (χ0) is 13.7. The Hall–Kier alpha value is -1.66. The predicted molar refractivity (Wildman–Crippen MR) is 72.7 cm³/mol. The van der Waals surface area contributed by atoms with E-state index in [0.29, 0.717) is 23.8 Å². The minimum absolute atomic E-state index is 0.0968. The predicted octanol–water partition coefficient (Wildman–Crippen LogP) is 0.696. The van der Waals surface area contributed by atoms with Crippen molar-refractivity contribution in [2.75, 3.05) is 25.2 Å². The zero-order valence-electron chi connectivity index (χ0n) is 11.1. The number of carbonyl (C=O) groups excluding carboxylic acids is 1. The van der Waals surface area contributed by atoms with Crippen molar-refractivity contribution in [3.63, 3.8) is 0 Å². The molecule has 6 heteroatoms. The van der Waals surface area contributed by atoms with Crippen LogP contribution in [0.3, 0.4) is 0 Å². The highest BCUT2D eigenvalue weighted by Gasteiger charge is 2.17. The lowest BCUT2D eigenvalue weighted by Gasteiger charge is -2.11. The molecule has 1 aliphatic heterocycles. The molecule has 1 saturated heterocycles. The number of amides is 1. The molecule has 1 fully saturated rings. The van der Waals surface area contributed by atoms with Crippen molar-refractivity contribution < 1.29 is 9.53 Å². The van der Waals surface area contributed by atoms with E-state index in [-0.39, 0.29) is 5.91 Å². The van der Waals surface area contributed by atoms with E-state index in [2.05, 4.69) is 15.7 Å². The van der Waals surface area contributed by atoms with Gasteiger partial charge in [0.2, 0.25) is 0 Å². The molecule has 1 amide bonds. The maximum absolute atomic E-state index is 12.1. The summed E-state index contributed by atoms with van der Waals surface area (Å²) in [5.74, 6) is 6.19. The average molecular weight is 264 g/mol. The third-order valence-corrected chi connectivity index (χ3v) is 3.23. The highest BCUT2D eigenvalue weighted by molar-refractivity contribution is 5.95. The molecule has 4 N–H and O–H groups in total. The van der Waals surface area contributed by atoms with Gasteiger partial charge in [0.05, 0.1) is 6.61 Å². The van der Waals surface area contributed by atoms with Crippen molar-refractivity contribution in [1.29, 1.82) is 0 Å². The number of nitrogen functional groups attached to an aromatic ring is 1. The van der Waals surface area contributed by atoms with E-state index in [0.717, 1.165) is 31.7 Å². The molecule has 0 bridgehead atoms. The summed E-state index contributed by atoms with van der Waals surface area (Å²) in [4.78, 5) is 16.3. The van der Waals surface area contributed by atoms with E-state index in [4.69, 9.17) is 10.6 Å². The van der Waals surface area contributed by atoms with E-state index < -0.39 is 0 Å². The minimum atomic E-state index is -0.0968. The van der Waals surface area contributed by atoms with Crippen molar-refractivity contribution in [1.82, 2.24) is 10.3 Å². The van der Waals surface area contributed by atoms with Crippen LogP contribution in [0.1, 0.15) is 29.4 Å². The molecule has 0 saturated carbocycles. The lowest BCUT2D eigenvalue weighted by atomic mass is 10.1. The molecule has 104 valence electrons. The number of hydrogen-bond acceptors (Lipinski definition) is 5. The minimum Gasteiger partial charge on any atom is -0.381 e. The van der Waals surface area contributed by atoms with Crippen LogP contribution < -0.4 is 16.6 Å². The van der Waals surface area contributed by atoms with Crippen molar-refractivity contribution in [3.8, 4) is 0 Å². The van der Waals surface area contributed by atoms with E-state index in [1.54, 1.807) is 12.1 Å². The van der Waals surface area contributed by atoms with Crippen LogP contribution in [0.4, 0.5) is 5.82 Å². The molecule has 0 aromatic carbocycles. The van der Waals surface area contributed by atoms with Gasteiger partial charge in [0, 0.05) is 30.3 Å². The van der Waals surface area contributed by atoms with Crippen molar-refractivity contribution >= 4 is 11.7 Å². The van der Waals surface area contributed by atoms with Gasteiger partial charge in [-0.2, -0.15) is 0 Å². The zero-order valence-corrected chi connectivity index (χ0v) is 11.1. The van der Waals surface area contributed by atoms with Gasteiger partial charge < -0.3 is 15.5 Å². The smallest absolute Gasteiger partial charge is 0.251 e. The van der Waals surface area contributed by atoms with Gasteiger partial charge in [-0.3, -0.25) is 4.79 Å². The van der Waals surface area contributed by atoms with E-state index >= 15 is 0 Å². The fourth-order valence-corrected chi connectivity index (χ4v) is 2.06. The Labute approximate surface area is 112 Å². The summed E-state index contributed by atoms with van der Waals surface area (Å²) in [6.07, 6.45) is 1.76. The Morgan fingerprint density at radius 3 is 3.05 bits per heavy atom. The fraction of sp³-hybridized carbons (Fsp3) is 0.538. The Morgan fingerprint density at radius 1 is 1.58 bits per heavy atom. The SMILES string of the molecule is CCc1cc(C(=O)NCC2CCOC2)cc(NN)n1. The van der Waals surface area contributed by atoms with Crippen LogP contribution in [0, 0.1) is 5.92 Å². The number of nitrogens with zero attached hydrogens (tertiary/aromatic N) is 1. The standard InChI is InChI=1S/C13H20N4O2/c1-2-11-5-10(6-12(16-11)17-14)13(18)15-7-9-3-4-19-8-9/h5-6,9H,2-4,7-8,14H2,1H3,(H,15,18)(H,16,17). The topological polar surface area (TPSA) is 89.3 Å². The largest absolute Gasteiger partial charge is 0.381 e. The molecular formula is C13H20N4O2. The average Bonchev–Trinajstić information content (AvgIpc) is 2.97. The van der Waals surface area contributed by atoms with Crippen LogP contribution in [-0.4, -0.2) is 30.6 Å². The third-order valence-electron chi connectivity index (χ3n) is 3.23. The molecule has 1 aromatic rings. The first-order valence-electron chi connectivity index (χ1n) is 6.56. The molecule has 6 nitrogen and oxygen atoms in total. The van der Waals surface area contributed by atoms with Gasteiger partial charge in [0.25, 0.3) is 5.91 Å². The summed E-state index contributed by atoms with van der Waals surface area (Å²) < 4.78 is 5.28. The quantitative estimate of drug-likeness (QED) is 0.538. The van der Waals surface area contributed by atoms with Crippen LogP contribution >= 0.6 is 0 Å². The monoisotopic (exact) mass is 264 g/mol. The molecule has 19 heavy (non-hydrogen) atoms. The maximum Gasteiger partial charge on any atom is 0.251 e. The highest BCUT2D eigenvalue weighted by atomic mass is 16.5. The van der Waals surface area contributed by atoms with Crippen LogP contribution in [0.2, 0.25) is 0 Å². The Morgan fingerprint density at radius 2 is 2.42 bits per heavy atom. The van der Waals surface area contributed by atoms with Crippen molar-refractivity contribution in [2.45, 2.75) is 19.8 Å². The molecule has 1 unspecified atom stereocenters. The summed E-state index contributed by atoms with van der Waals surface area (Å²) >= 11 is 0. The van der Waals surface area contributed by atoms with Crippen LogP contribution in [-0.2, 0) is 11.2 Å². The first-order chi connectivity index (χ1) is 9.22. The Kier molecular flexibility index (Phi) is 4.70. The van der Waals surface area contributed by atoms with Gasteiger partial charge in [0.1, 0.15) is 5.82 Å². The summed E-state index contributed by atoms with van der Waals surface area (Å²) in [5, 5.41) is 2.93. The second kappa shape index (κ2) is 6.49. The third kappa shape index (κ3) is 3.65. The second-order valence-corrected chi connectivity index (χ2v) is 4.67. The van der Waals surface area contributed by atoms with Gasteiger partial charge >= 0.3 is 0 Å². The van der Waals surface area contributed by atoms with Crippen molar-refractivity contribution in [2.24, 2.45) is 11.8 Å². The fourth-order valence-electron chi connectivity index (χ4n) is 2.06. The maximum atomic E-state index is 12.1. The van der Waals surface area contributed by atoms with Crippen LogP contribution in [0.25, 0.3) is 0 Å². The number of pyridine rings is 1. The Balaban J connectivity index is 2.00. The second-order valence-electron chi connectivity index (χ2n) is 4.67. The van der Waals surface area contributed by atoms with Gasteiger partial charge in [-0.15, -0.1) is 0 Å². The molecule has 0 aliphatic carbocycles. The number of anilines is 1. The molecule has 1 aliphatic rings. The highest BCUT2D eigenvalue weighted by Crippen LogP contribution is 2.13. The number of aromatic nitrogens is 1. The number of ether oxygens (including phenoxy) is 1. The number of hydrazine groups is 1. The number of nitrogens with two attached hydrogens (primary N) is 1. The normalized spacial score (nSPS) is 18.3. The van der Waals surface area contributed by atoms with Gasteiger partial charge in [-0.25, -0.2) is 10.8 Å². The first kappa shape index (κ1) is 13.8. The van der Waals surface area contributed by atoms with Crippen molar-refractivity contribution in [3.05, 3.63) is 23.4 Å². The van der Waals surface area contributed by atoms with Gasteiger partial charge in [-0.1, -0.05) is 6.92 Å². The summed E-state index contributed by atoms with van der Waals surface area (Å²) in [6.45, 7) is 4.15. The molecular weight excluding hydrogens is 244 g/mol. The summed E-state index contributed by atoms with van der Waals surface area (Å²) in [7, 11) is 0. The number of hydrogen-bond donors (Lipinski definition) is 3. The number of aryl methyl sites for hydroxylation is 1. The van der Waals surface area contributed by atoms with Gasteiger partial charge in [-0.05, 0) is 25.0 Å². The number of carbonyl (C=O) groups is 1. The molecule has 2 heterocycles. The first-order valence-corrected chi connectivity index (χ1v) is 6.56. The lowest BCUT2D eigenvalue weighted by Crippen LogP contribution is -2.29. The molecule has 1 aromatic heterocycles. The molecule has 1 atom stereocenters. The Bertz CT molecular complexity index is 422. The summed E-state index contributed by atoms with van der Waals surface area (Å²) in [6, 6.07) is 3.45. The molecule has 0 spiro atoms. The lowest BCUT2D eigenvalue weighted by molar-refractivity contribution is 0.0945. The van der Waals surface area contributed by atoms with Crippen LogP contribution in [0.5, 0.6) is 0 Å². The van der Waals surface area contributed by atoms with E-state index in [1.165, 1.54) is 0 Å². The van der Waals surface area contributed by atoms with Crippen LogP contribution in [0.15, 0.2) is 12.1 Å². The van der Waals surface area contributed by atoms with E-state index in [9.17, 15) is 4.79 Å². The number of nitrogens with one attached hydrogen (secondary N) is 2. The molecule has 0 radical (unpaired) electrons. The number of rotatable bonds is 5. The summed E-state index contributed by atoms with van der Waals surface area (Å²) in [5.41, 5.74) is 3.90. The van der Waals surface area contributed by atoms with E-state index in [1.807, 2.05) is 6.92 Å². The molecule has 2 rings (SSSR count). The van der Waals surface area contributed by atoms with Gasteiger partial charge in [0.15, 0.2) is 0 Å².